The van der Waals surface area contributed by atoms with E-state index in [2.05, 4.69) is 20.8 Å². The molecule has 0 spiro atoms. The number of hydrogen-bond donors (Lipinski definition) is 0. The minimum Gasteiger partial charge on any atom is -0.442 e. The van der Waals surface area contributed by atoms with Crippen molar-refractivity contribution in [2.75, 3.05) is 7.11 Å². The summed E-state index contributed by atoms with van der Waals surface area (Å²) >= 11 is 0. The highest BCUT2D eigenvalue weighted by Crippen LogP contribution is 2.13. The van der Waals surface area contributed by atoms with E-state index in [1.165, 1.54) is 0 Å². The molecule has 0 aromatic carbocycles. The van der Waals surface area contributed by atoms with Crippen LogP contribution in [0, 0.1) is 5.92 Å². The van der Waals surface area contributed by atoms with Gasteiger partial charge in [-0.2, -0.15) is 0 Å². The van der Waals surface area contributed by atoms with Crippen LogP contribution in [0.5, 0.6) is 0 Å². The summed E-state index contributed by atoms with van der Waals surface area (Å²) in [6.45, 7) is 6.63. The Morgan fingerprint density at radius 2 is 1.75 bits per heavy atom. The van der Waals surface area contributed by atoms with Gasteiger partial charge in [0.25, 0.3) is 7.48 Å². The summed E-state index contributed by atoms with van der Waals surface area (Å²) < 4.78 is 4.96. The highest BCUT2D eigenvalue weighted by Gasteiger charge is 2.07. The van der Waals surface area contributed by atoms with Crippen LogP contribution in [0.4, 0.5) is 0 Å². The normalized spacial score (nSPS) is 14.1. The van der Waals surface area contributed by atoms with Crippen molar-refractivity contribution >= 4 is 7.48 Å². The van der Waals surface area contributed by atoms with Gasteiger partial charge in [0.1, 0.15) is 0 Å². The molecule has 2 heteroatoms. The monoisotopic (exact) mass is 114 g/mol. The van der Waals surface area contributed by atoms with Crippen LogP contribution in [-0.2, 0) is 4.65 Å². The van der Waals surface area contributed by atoms with E-state index in [9.17, 15) is 0 Å². The highest BCUT2D eigenvalue weighted by atomic mass is 16.4. The lowest BCUT2D eigenvalue weighted by Crippen LogP contribution is -2.07. The van der Waals surface area contributed by atoms with Gasteiger partial charge < -0.3 is 4.65 Å². The fourth-order valence-electron chi connectivity index (χ4n) is 0.455. The molecule has 1 nitrogen and oxygen atoms in total. The Morgan fingerprint density at radius 3 is 1.88 bits per heavy atom. The van der Waals surface area contributed by atoms with Gasteiger partial charge in [-0.3, -0.25) is 0 Å². The Hall–Kier alpha value is 0.0249. The first kappa shape index (κ1) is 8.02. The van der Waals surface area contributed by atoms with Gasteiger partial charge in [0.15, 0.2) is 0 Å². The highest BCUT2D eigenvalue weighted by molar-refractivity contribution is 6.29. The van der Waals surface area contributed by atoms with Crippen molar-refractivity contribution in [1.82, 2.24) is 0 Å². The molecule has 0 fully saturated rings. The maximum absolute atomic E-state index is 4.96. The Bertz CT molecular complexity index is 54.5. The van der Waals surface area contributed by atoms with Gasteiger partial charge in [0.05, 0.1) is 0 Å². The van der Waals surface area contributed by atoms with Crippen LogP contribution >= 0.6 is 0 Å². The second-order valence-corrected chi connectivity index (χ2v) is 2.68. The molecule has 0 heterocycles. The Labute approximate surface area is 52.7 Å². The standard InChI is InChI=1S/C6H15BO/c1-5(2)6(3)7-8-4/h5-7H,1-4H3. The lowest BCUT2D eigenvalue weighted by Gasteiger charge is -2.10. The summed E-state index contributed by atoms with van der Waals surface area (Å²) in [6, 6.07) is 0. The number of hydrogen-bond acceptors (Lipinski definition) is 1. The minimum absolute atomic E-state index is 0.694. The third-order valence-electron chi connectivity index (χ3n) is 1.57. The van der Waals surface area contributed by atoms with Crippen LogP contribution in [0.3, 0.4) is 0 Å². The molecule has 0 radical (unpaired) electrons. The van der Waals surface area contributed by atoms with E-state index < -0.39 is 0 Å². The third-order valence-corrected chi connectivity index (χ3v) is 1.57. The molecule has 0 N–H and O–H groups in total. The molecular weight excluding hydrogens is 98.9 g/mol. The van der Waals surface area contributed by atoms with E-state index in [0.29, 0.717) is 5.82 Å². The Balaban J connectivity index is 3.17. The predicted octanol–water partition coefficient (Wildman–Crippen LogP) is 1.45. The fourth-order valence-corrected chi connectivity index (χ4v) is 0.455. The summed E-state index contributed by atoms with van der Waals surface area (Å²) in [5.41, 5.74) is 0. The van der Waals surface area contributed by atoms with Crippen molar-refractivity contribution in [3.63, 3.8) is 0 Å². The van der Waals surface area contributed by atoms with E-state index in [1.54, 1.807) is 7.11 Å². The molecule has 0 saturated heterocycles. The van der Waals surface area contributed by atoms with Crippen molar-refractivity contribution in [2.45, 2.75) is 26.6 Å². The van der Waals surface area contributed by atoms with Crippen LogP contribution in [-0.4, -0.2) is 14.6 Å². The van der Waals surface area contributed by atoms with Gasteiger partial charge in [-0.25, -0.2) is 0 Å². The molecule has 0 saturated carbocycles. The smallest absolute Gasteiger partial charge is 0.277 e. The molecule has 0 bridgehead atoms. The first-order valence-corrected chi connectivity index (χ1v) is 3.17. The van der Waals surface area contributed by atoms with Gasteiger partial charge >= 0.3 is 0 Å². The predicted molar refractivity (Wildman–Crippen MR) is 38.4 cm³/mol. The average Bonchev–Trinajstić information content (AvgIpc) is 1.67. The zero-order valence-electron chi connectivity index (χ0n) is 6.27. The first-order valence-electron chi connectivity index (χ1n) is 3.17. The van der Waals surface area contributed by atoms with Gasteiger partial charge in [-0.1, -0.05) is 20.8 Å². The second-order valence-electron chi connectivity index (χ2n) is 2.68. The summed E-state index contributed by atoms with van der Waals surface area (Å²) in [7, 11) is 2.64. The topological polar surface area (TPSA) is 9.23 Å². The van der Waals surface area contributed by atoms with Gasteiger partial charge in [-0.15, -0.1) is 0 Å². The van der Waals surface area contributed by atoms with Crippen LogP contribution in [0.25, 0.3) is 0 Å². The van der Waals surface area contributed by atoms with Gasteiger partial charge in [-0.05, 0) is 11.7 Å². The van der Waals surface area contributed by atoms with Crippen molar-refractivity contribution in [2.24, 2.45) is 5.92 Å². The molecule has 0 aromatic rings. The lowest BCUT2D eigenvalue weighted by atomic mass is 9.74. The summed E-state index contributed by atoms with van der Waals surface area (Å²) in [5, 5.41) is 0. The zero-order chi connectivity index (χ0) is 6.57. The molecule has 0 aliphatic rings. The molecule has 0 aromatic heterocycles. The average molecular weight is 114 g/mol. The summed E-state index contributed by atoms with van der Waals surface area (Å²) in [4.78, 5) is 0. The molecule has 0 rings (SSSR count). The van der Waals surface area contributed by atoms with Crippen LogP contribution < -0.4 is 0 Å². The van der Waals surface area contributed by atoms with Crippen LogP contribution in [0.1, 0.15) is 20.8 Å². The van der Waals surface area contributed by atoms with E-state index in [1.807, 2.05) is 0 Å². The molecule has 8 heavy (non-hydrogen) atoms. The van der Waals surface area contributed by atoms with E-state index in [4.69, 9.17) is 4.65 Å². The molecular formula is C6H15BO. The molecule has 0 aliphatic heterocycles. The van der Waals surface area contributed by atoms with Crippen molar-refractivity contribution < 1.29 is 4.65 Å². The Morgan fingerprint density at radius 1 is 1.25 bits per heavy atom. The SMILES string of the molecule is COBC(C)C(C)C. The maximum atomic E-state index is 4.96. The maximum Gasteiger partial charge on any atom is 0.277 e. The number of rotatable bonds is 3. The second kappa shape index (κ2) is 3.96. The fraction of sp³-hybridized carbons (Fsp3) is 1.00. The first-order chi connectivity index (χ1) is 3.68. The third kappa shape index (κ3) is 3.08. The van der Waals surface area contributed by atoms with Crippen molar-refractivity contribution in [3.05, 3.63) is 0 Å². The minimum atomic E-state index is 0.694. The molecule has 1 atom stereocenters. The van der Waals surface area contributed by atoms with Crippen molar-refractivity contribution in [1.29, 1.82) is 0 Å². The van der Waals surface area contributed by atoms with E-state index in [0.717, 1.165) is 13.4 Å². The molecule has 48 valence electrons. The van der Waals surface area contributed by atoms with Crippen molar-refractivity contribution in [3.8, 4) is 0 Å². The van der Waals surface area contributed by atoms with E-state index >= 15 is 0 Å². The summed E-state index contributed by atoms with van der Waals surface area (Å²) in [6.07, 6.45) is 0. The zero-order valence-corrected chi connectivity index (χ0v) is 6.27. The molecule has 0 amide bonds. The molecule has 1 unspecified atom stereocenters. The lowest BCUT2D eigenvalue weighted by molar-refractivity contribution is 0.417. The van der Waals surface area contributed by atoms with Crippen LogP contribution in [0.2, 0.25) is 5.82 Å². The van der Waals surface area contributed by atoms with Gasteiger partial charge in [0.2, 0.25) is 0 Å². The molecule has 0 aliphatic carbocycles. The van der Waals surface area contributed by atoms with Crippen LogP contribution in [0.15, 0.2) is 0 Å². The quantitative estimate of drug-likeness (QED) is 0.504. The summed E-state index contributed by atoms with van der Waals surface area (Å²) in [5.74, 6) is 1.44. The van der Waals surface area contributed by atoms with Gasteiger partial charge in [0, 0.05) is 7.11 Å². The largest absolute Gasteiger partial charge is 0.442 e. The van der Waals surface area contributed by atoms with E-state index in [-0.39, 0.29) is 0 Å². The Kier molecular flexibility index (Phi) is 3.97.